The highest BCUT2D eigenvalue weighted by molar-refractivity contribution is 5.80. The number of hydrogen-bond acceptors (Lipinski definition) is 5. The van der Waals surface area contributed by atoms with Gasteiger partial charge in [-0.15, -0.1) is 0 Å². The Morgan fingerprint density at radius 2 is 0.976 bits per heavy atom. The first-order valence-electron chi connectivity index (χ1n) is 17.6. The summed E-state index contributed by atoms with van der Waals surface area (Å²) in [7, 11) is 0. The van der Waals surface area contributed by atoms with Gasteiger partial charge in [-0.25, -0.2) is 0 Å². The summed E-state index contributed by atoms with van der Waals surface area (Å²) >= 11 is 0. The maximum Gasteiger partial charge on any atom is 0.249 e. The van der Waals surface area contributed by atoms with Gasteiger partial charge < -0.3 is 25.7 Å². The molecule has 0 saturated carbocycles. The second-order valence-electron chi connectivity index (χ2n) is 12.2. The molecule has 0 bridgehead atoms. The molecule has 0 saturated heterocycles. The minimum absolute atomic E-state index is 0.356. The SMILES string of the molecule is CCCCC/C=C\CCCCCCC(O)C(=O)NC(CO)C(O)C(O)CCCCCCCCCCCCCCCC. The standard InChI is InChI=1S/C35H69NO5/c1-3-5-7-9-11-13-15-16-17-19-20-22-24-26-28-32(38)34(40)31(30-37)36-35(41)33(39)29-27-25-23-21-18-14-12-10-8-6-4-2/h12,14,31-34,37-40H,3-11,13,15-30H2,1-2H3,(H,36,41)/b14-12-. The molecule has 0 aromatic carbocycles. The Morgan fingerprint density at radius 1 is 0.585 bits per heavy atom. The van der Waals surface area contributed by atoms with Crippen LogP contribution in [0.3, 0.4) is 0 Å². The van der Waals surface area contributed by atoms with Crippen LogP contribution in [0.5, 0.6) is 0 Å². The van der Waals surface area contributed by atoms with E-state index in [2.05, 4.69) is 31.3 Å². The van der Waals surface area contributed by atoms with Gasteiger partial charge in [0.1, 0.15) is 12.2 Å². The first-order chi connectivity index (χ1) is 20.0. The monoisotopic (exact) mass is 584 g/mol. The Bertz CT molecular complexity index is 585. The number of carbonyl (C=O) groups excluding carboxylic acids is 1. The predicted octanol–water partition coefficient (Wildman–Crippen LogP) is 7.89. The molecule has 6 nitrogen and oxygen atoms in total. The van der Waals surface area contributed by atoms with E-state index in [0.717, 1.165) is 57.8 Å². The number of hydrogen-bond donors (Lipinski definition) is 5. The minimum Gasteiger partial charge on any atom is -0.394 e. The lowest BCUT2D eigenvalue weighted by Gasteiger charge is -2.27. The average Bonchev–Trinajstić information content (AvgIpc) is 2.98. The Kier molecular flexibility index (Phi) is 29.8. The van der Waals surface area contributed by atoms with Crippen LogP contribution in [0, 0.1) is 0 Å². The molecule has 6 heteroatoms. The van der Waals surface area contributed by atoms with Crippen LogP contribution < -0.4 is 5.32 Å². The average molecular weight is 584 g/mol. The number of amides is 1. The summed E-state index contributed by atoms with van der Waals surface area (Å²) in [4.78, 5) is 12.4. The van der Waals surface area contributed by atoms with Crippen LogP contribution in [0.2, 0.25) is 0 Å². The topological polar surface area (TPSA) is 110 Å². The summed E-state index contributed by atoms with van der Waals surface area (Å²) in [6, 6.07) is -0.983. The van der Waals surface area contributed by atoms with Gasteiger partial charge in [0.25, 0.3) is 0 Å². The molecule has 0 radical (unpaired) electrons. The van der Waals surface area contributed by atoms with Crippen molar-refractivity contribution in [2.24, 2.45) is 0 Å². The van der Waals surface area contributed by atoms with E-state index < -0.39 is 36.9 Å². The Morgan fingerprint density at radius 3 is 1.46 bits per heavy atom. The van der Waals surface area contributed by atoms with Crippen molar-refractivity contribution in [3.05, 3.63) is 12.2 Å². The number of allylic oxidation sites excluding steroid dienone is 2. The molecule has 0 heterocycles. The third kappa shape index (κ3) is 25.3. The van der Waals surface area contributed by atoms with E-state index in [-0.39, 0.29) is 0 Å². The maximum atomic E-state index is 12.4. The fourth-order valence-corrected chi connectivity index (χ4v) is 5.34. The van der Waals surface area contributed by atoms with Crippen molar-refractivity contribution in [2.75, 3.05) is 6.61 Å². The third-order valence-corrected chi connectivity index (χ3v) is 8.23. The van der Waals surface area contributed by atoms with E-state index in [1.54, 1.807) is 0 Å². The maximum absolute atomic E-state index is 12.4. The van der Waals surface area contributed by atoms with Crippen LogP contribution in [0.15, 0.2) is 12.2 Å². The summed E-state index contributed by atoms with van der Waals surface area (Å²) in [6.07, 6.45) is 29.4. The normalized spacial score (nSPS) is 14.8. The van der Waals surface area contributed by atoms with Crippen LogP contribution in [0.1, 0.15) is 174 Å². The quantitative estimate of drug-likeness (QED) is 0.0421. The van der Waals surface area contributed by atoms with E-state index in [4.69, 9.17) is 0 Å². The number of carbonyl (C=O) groups is 1. The number of aliphatic hydroxyl groups excluding tert-OH is 4. The molecule has 0 aliphatic rings. The van der Waals surface area contributed by atoms with Gasteiger partial charge in [-0.1, -0.05) is 148 Å². The van der Waals surface area contributed by atoms with E-state index in [9.17, 15) is 25.2 Å². The predicted molar refractivity (Wildman–Crippen MR) is 173 cm³/mol. The van der Waals surface area contributed by atoms with Crippen molar-refractivity contribution in [3.63, 3.8) is 0 Å². The minimum atomic E-state index is -1.26. The van der Waals surface area contributed by atoms with E-state index in [1.165, 1.54) is 89.9 Å². The number of nitrogens with one attached hydrogen (secondary N) is 1. The number of aliphatic hydroxyl groups is 4. The first kappa shape index (κ1) is 40.1. The van der Waals surface area contributed by atoms with Crippen LogP contribution in [0.4, 0.5) is 0 Å². The van der Waals surface area contributed by atoms with Crippen molar-refractivity contribution < 1.29 is 25.2 Å². The highest BCUT2D eigenvalue weighted by Crippen LogP contribution is 2.15. The van der Waals surface area contributed by atoms with Crippen LogP contribution in [-0.4, -0.2) is 57.3 Å². The van der Waals surface area contributed by atoms with E-state index >= 15 is 0 Å². The second-order valence-corrected chi connectivity index (χ2v) is 12.2. The Balaban J connectivity index is 3.85. The lowest BCUT2D eigenvalue weighted by atomic mass is 9.99. The van der Waals surface area contributed by atoms with E-state index in [1.807, 2.05) is 0 Å². The molecule has 5 N–H and O–H groups in total. The molecule has 0 rings (SSSR count). The molecule has 4 unspecified atom stereocenters. The number of rotatable bonds is 31. The molecule has 0 aromatic heterocycles. The van der Waals surface area contributed by atoms with Crippen molar-refractivity contribution in [1.29, 1.82) is 0 Å². The van der Waals surface area contributed by atoms with Gasteiger partial charge in [-0.2, -0.15) is 0 Å². The molecule has 0 aromatic rings. The highest BCUT2D eigenvalue weighted by Gasteiger charge is 2.28. The second kappa shape index (κ2) is 30.5. The van der Waals surface area contributed by atoms with Crippen molar-refractivity contribution >= 4 is 5.91 Å². The molecule has 0 spiro atoms. The molecular formula is C35H69NO5. The van der Waals surface area contributed by atoms with Gasteiger partial charge in [0.15, 0.2) is 0 Å². The molecule has 0 aliphatic carbocycles. The lowest BCUT2D eigenvalue weighted by Crippen LogP contribution is -2.53. The van der Waals surface area contributed by atoms with Gasteiger partial charge in [-0.3, -0.25) is 4.79 Å². The van der Waals surface area contributed by atoms with Crippen LogP contribution in [0.25, 0.3) is 0 Å². The van der Waals surface area contributed by atoms with Gasteiger partial charge in [0.2, 0.25) is 5.91 Å². The zero-order chi connectivity index (χ0) is 30.4. The van der Waals surface area contributed by atoms with Crippen LogP contribution >= 0.6 is 0 Å². The largest absolute Gasteiger partial charge is 0.394 e. The molecule has 41 heavy (non-hydrogen) atoms. The van der Waals surface area contributed by atoms with Crippen LogP contribution in [-0.2, 0) is 4.79 Å². The molecule has 0 fully saturated rings. The lowest BCUT2D eigenvalue weighted by molar-refractivity contribution is -0.132. The third-order valence-electron chi connectivity index (χ3n) is 8.23. The van der Waals surface area contributed by atoms with Crippen molar-refractivity contribution in [3.8, 4) is 0 Å². The summed E-state index contributed by atoms with van der Waals surface area (Å²) < 4.78 is 0. The molecule has 0 aliphatic heterocycles. The van der Waals surface area contributed by atoms with Crippen molar-refractivity contribution in [1.82, 2.24) is 5.32 Å². The zero-order valence-electron chi connectivity index (χ0n) is 27.0. The molecule has 244 valence electrons. The first-order valence-corrected chi connectivity index (χ1v) is 17.6. The fourth-order valence-electron chi connectivity index (χ4n) is 5.34. The van der Waals surface area contributed by atoms with Gasteiger partial charge in [-0.05, 0) is 38.5 Å². The Labute approximate surface area is 253 Å². The Hall–Kier alpha value is -0.950. The summed E-state index contributed by atoms with van der Waals surface area (Å²) in [6.45, 7) is 3.99. The van der Waals surface area contributed by atoms with Gasteiger partial charge >= 0.3 is 0 Å². The van der Waals surface area contributed by atoms with E-state index in [0.29, 0.717) is 12.8 Å². The smallest absolute Gasteiger partial charge is 0.249 e. The zero-order valence-corrected chi connectivity index (χ0v) is 27.0. The van der Waals surface area contributed by atoms with Gasteiger partial charge in [0.05, 0.1) is 18.8 Å². The summed E-state index contributed by atoms with van der Waals surface area (Å²) in [5.74, 6) is -0.596. The molecule has 1 amide bonds. The molecule has 4 atom stereocenters. The summed E-state index contributed by atoms with van der Waals surface area (Å²) in [5, 5.41) is 43.3. The highest BCUT2D eigenvalue weighted by atomic mass is 16.3. The fraction of sp³-hybridized carbons (Fsp3) is 0.914. The summed E-state index contributed by atoms with van der Waals surface area (Å²) in [5.41, 5.74) is 0. The van der Waals surface area contributed by atoms with Crippen molar-refractivity contribution in [2.45, 2.75) is 199 Å². The molecular weight excluding hydrogens is 514 g/mol. The van der Waals surface area contributed by atoms with Gasteiger partial charge in [0, 0.05) is 0 Å². The number of unbranched alkanes of at least 4 members (excludes halogenated alkanes) is 20.